The van der Waals surface area contributed by atoms with Crippen LogP contribution in [0.2, 0.25) is 0 Å². The molecule has 29 heavy (non-hydrogen) atoms. The fourth-order valence-electron chi connectivity index (χ4n) is 2.47. The van der Waals surface area contributed by atoms with Gasteiger partial charge in [0.05, 0.1) is 17.9 Å². The number of rotatable bonds is 7. The summed E-state index contributed by atoms with van der Waals surface area (Å²) in [7, 11) is 0. The van der Waals surface area contributed by atoms with E-state index in [2.05, 4.69) is 10.3 Å². The van der Waals surface area contributed by atoms with E-state index in [1.165, 1.54) is 35.9 Å². The lowest BCUT2D eigenvalue weighted by Gasteiger charge is -2.07. The predicted molar refractivity (Wildman–Crippen MR) is 109 cm³/mol. The van der Waals surface area contributed by atoms with E-state index in [4.69, 9.17) is 9.47 Å². The average Bonchev–Trinajstić information content (AvgIpc) is 3.17. The van der Waals surface area contributed by atoms with Crippen LogP contribution < -0.4 is 5.32 Å². The Morgan fingerprint density at radius 2 is 1.72 bits per heavy atom. The van der Waals surface area contributed by atoms with Gasteiger partial charge < -0.3 is 14.8 Å². The highest BCUT2D eigenvalue weighted by molar-refractivity contribution is 7.18. The number of pyridine rings is 1. The molecule has 0 fully saturated rings. The molecule has 2 aromatic heterocycles. The van der Waals surface area contributed by atoms with Gasteiger partial charge in [0.15, 0.2) is 6.61 Å². The van der Waals surface area contributed by atoms with Gasteiger partial charge in [-0.3, -0.25) is 9.78 Å². The maximum absolute atomic E-state index is 12.3. The molecule has 2 heterocycles. The third kappa shape index (κ3) is 5.26. The number of benzene rings is 1. The Labute approximate surface area is 171 Å². The normalized spacial score (nSPS) is 10.2. The van der Waals surface area contributed by atoms with E-state index in [1.54, 1.807) is 13.0 Å². The molecule has 0 spiro atoms. The number of amides is 1. The first-order valence-corrected chi connectivity index (χ1v) is 9.63. The third-order valence-electron chi connectivity index (χ3n) is 3.78. The van der Waals surface area contributed by atoms with E-state index in [-0.39, 0.29) is 11.5 Å². The van der Waals surface area contributed by atoms with Crippen LogP contribution in [0.3, 0.4) is 0 Å². The Balaban J connectivity index is 1.73. The average molecular weight is 410 g/mol. The molecule has 0 radical (unpaired) electrons. The number of anilines is 1. The van der Waals surface area contributed by atoms with Gasteiger partial charge in [0.25, 0.3) is 5.91 Å². The molecular formula is C21H18N2O5S. The topological polar surface area (TPSA) is 94.6 Å². The van der Waals surface area contributed by atoms with Crippen molar-refractivity contribution in [3.63, 3.8) is 0 Å². The second-order valence-electron chi connectivity index (χ2n) is 5.80. The van der Waals surface area contributed by atoms with Gasteiger partial charge in [0.2, 0.25) is 0 Å². The minimum atomic E-state index is -0.636. The number of thiophene rings is 1. The van der Waals surface area contributed by atoms with Crippen molar-refractivity contribution in [2.75, 3.05) is 18.5 Å². The minimum Gasteiger partial charge on any atom is -0.462 e. The zero-order valence-corrected chi connectivity index (χ0v) is 16.4. The Kier molecular flexibility index (Phi) is 6.70. The maximum atomic E-state index is 12.3. The highest BCUT2D eigenvalue weighted by Crippen LogP contribution is 2.35. The summed E-state index contributed by atoms with van der Waals surface area (Å²) in [6.45, 7) is 1.44. The lowest BCUT2D eigenvalue weighted by Crippen LogP contribution is -2.21. The van der Waals surface area contributed by atoms with E-state index in [0.717, 1.165) is 10.4 Å². The summed E-state index contributed by atoms with van der Waals surface area (Å²) in [4.78, 5) is 41.4. The van der Waals surface area contributed by atoms with Crippen LogP contribution in [0.1, 0.15) is 27.0 Å². The van der Waals surface area contributed by atoms with Crippen LogP contribution in [0, 0.1) is 0 Å². The van der Waals surface area contributed by atoms with Crippen molar-refractivity contribution in [2.45, 2.75) is 6.92 Å². The molecule has 1 N–H and O–H groups in total. The SMILES string of the molecule is CCOC(=O)c1sc(-c2ccccc2)cc1NC(=O)COC(=O)c1ccncc1. The molecule has 1 aromatic carbocycles. The fourth-order valence-corrected chi connectivity index (χ4v) is 3.48. The van der Waals surface area contributed by atoms with Crippen molar-refractivity contribution in [2.24, 2.45) is 0 Å². The van der Waals surface area contributed by atoms with Gasteiger partial charge in [-0.1, -0.05) is 30.3 Å². The molecule has 3 aromatic rings. The number of nitrogens with one attached hydrogen (secondary N) is 1. The van der Waals surface area contributed by atoms with Gasteiger partial charge in [-0.15, -0.1) is 11.3 Å². The first-order valence-electron chi connectivity index (χ1n) is 8.82. The fraction of sp³-hybridized carbons (Fsp3) is 0.143. The largest absolute Gasteiger partial charge is 0.462 e. The third-order valence-corrected chi connectivity index (χ3v) is 4.94. The van der Waals surface area contributed by atoms with Crippen molar-refractivity contribution in [1.29, 1.82) is 0 Å². The summed E-state index contributed by atoms with van der Waals surface area (Å²) >= 11 is 1.22. The summed E-state index contributed by atoms with van der Waals surface area (Å²) in [5.41, 5.74) is 1.52. The van der Waals surface area contributed by atoms with Crippen LogP contribution in [-0.4, -0.2) is 36.0 Å². The Bertz CT molecular complexity index is 1000. The molecule has 0 saturated carbocycles. The van der Waals surface area contributed by atoms with Gasteiger partial charge in [-0.2, -0.15) is 0 Å². The Morgan fingerprint density at radius 1 is 1.00 bits per heavy atom. The van der Waals surface area contributed by atoms with Crippen molar-refractivity contribution in [1.82, 2.24) is 4.98 Å². The lowest BCUT2D eigenvalue weighted by atomic mass is 10.2. The smallest absolute Gasteiger partial charge is 0.350 e. The van der Waals surface area contributed by atoms with Gasteiger partial charge in [-0.25, -0.2) is 9.59 Å². The van der Waals surface area contributed by atoms with Crippen molar-refractivity contribution < 1.29 is 23.9 Å². The molecule has 0 aliphatic carbocycles. The molecule has 8 heteroatoms. The number of nitrogens with zero attached hydrogens (tertiary/aromatic N) is 1. The monoisotopic (exact) mass is 410 g/mol. The van der Waals surface area contributed by atoms with E-state index < -0.39 is 24.5 Å². The number of carbonyl (C=O) groups is 3. The summed E-state index contributed by atoms with van der Waals surface area (Å²) in [5, 5.41) is 2.63. The van der Waals surface area contributed by atoms with Crippen LogP contribution in [0.15, 0.2) is 60.9 Å². The van der Waals surface area contributed by atoms with Crippen LogP contribution in [-0.2, 0) is 14.3 Å². The van der Waals surface area contributed by atoms with Gasteiger partial charge in [0, 0.05) is 17.3 Å². The molecule has 148 valence electrons. The number of hydrogen-bond donors (Lipinski definition) is 1. The first kappa shape index (κ1) is 20.2. The molecule has 0 saturated heterocycles. The quantitative estimate of drug-likeness (QED) is 0.596. The summed E-state index contributed by atoms with van der Waals surface area (Å²) in [5.74, 6) is -1.72. The second-order valence-corrected chi connectivity index (χ2v) is 6.85. The van der Waals surface area contributed by atoms with Crippen molar-refractivity contribution in [3.8, 4) is 10.4 Å². The highest BCUT2D eigenvalue weighted by Gasteiger charge is 2.20. The number of ether oxygens (including phenoxy) is 2. The zero-order valence-electron chi connectivity index (χ0n) is 15.6. The molecule has 7 nitrogen and oxygen atoms in total. The first-order chi connectivity index (χ1) is 14.1. The highest BCUT2D eigenvalue weighted by atomic mass is 32.1. The summed E-state index contributed by atoms with van der Waals surface area (Å²) in [6.07, 6.45) is 2.91. The zero-order chi connectivity index (χ0) is 20.6. The van der Waals surface area contributed by atoms with Crippen molar-refractivity contribution >= 4 is 34.9 Å². The minimum absolute atomic E-state index is 0.217. The molecule has 0 atom stereocenters. The Hall–Kier alpha value is -3.52. The summed E-state index contributed by atoms with van der Waals surface area (Å²) < 4.78 is 10.1. The summed E-state index contributed by atoms with van der Waals surface area (Å²) in [6, 6.07) is 14.2. The second kappa shape index (κ2) is 9.61. The number of esters is 2. The van der Waals surface area contributed by atoms with Crippen molar-refractivity contribution in [3.05, 3.63) is 71.4 Å². The predicted octanol–water partition coefficient (Wildman–Crippen LogP) is 3.78. The van der Waals surface area contributed by atoms with Crippen LogP contribution in [0.4, 0.5) is 5.69 Å². The van der Waals surface area contributed by atoms with E-state index >= 15 is 0 Å². The molecule has 1 amide bonds. The van der Waals surface area contributed by atoms with Gasteiger partial charge in [-0.05, 0) is 30.7 Å². The van der Waals surface area contributed by atoms with Crippen LogP contribution in [0.5, 0.6) is 0 Å². The van der Waals surface area contributed by atoms with E-state index in [0.29, 0.717) is 11.3 Å². The molecule has 3 rings (SSSR count). The molecular weight excluding hydrogens is 392 g/mol. The van der Waals surface area contributed by atoms with Crippen LogP contribution >= 0.6 is 11.3 Å². The maximum Gasteiger partial charge on any atom is 0.350 e. The number of aromatic nitrogens is 1. The number of carbonyl (C=O) groups excluding carboxylic acids is 3. The molecule has 0 bridgehead atoms. The molecule has 0 aliphatic rings. The van der Waals surface area contributed by atoms with Gasteiger partial charge in [0.1, 0.15) is 4.88 Å². The Morgan fingerprint density at radius 3 is 2.41 bits per heavy atom. The van der Waals surface area contributed by atoms with E-state index in [1.807, 2.05) is 30.3 Å². The number of hydrogen-bond acceptors (Lipinski definition) is 7. The molecule has 0 aliphatic heterocycles. The van der Waals surface area contributed by atoms with Gasteiger partial charge >= 0.3 is 11.9 Å². The molecule has 0 unspecified atom stereocenters. The van der Waals surface area contributed by atoms with Crippen LogP contribution in [0.25, 0.3) is 10.4 Å². The lowest BCUT2D eigenvalue weighted by molar-refractivity contribution is -0.119. The van der Waals surface area contributed by atoms with E-state index in [9.17, 15) is 14.4 Å². The standard InChI is InChI=1S/C21H18N2O5S/c1-2-27-21(26)19-16(12-17(29-19)14-6-4-3-5-7-14)23-18(24)13-28-20(25)15-8-10-22-11-9-15/h3-12H,2,13H2,1H3,(H,23,24).